The lowest BCUT2D eigenvalue weighted by molar-refractivity contribution is 0.215. The van der Waals surface area contributed by atoms with Crippen molar-refractivity contribution in [2.75, 3.05) is 31.1 Å². The first-order valence-corrected chi connectivity index (χ1v) is 8.00. The molecule has 0 radical (unpaired) electrons. The fourth-order valence-corrected chi connectivity index (χ4v) is 3.18. The molecule has 0 N–H and O–H groups in total. The smallest absolute Gasteiger partial charge is 0.241 e. The molecule has 0 saturated carbocycles. The van der Waals surface area contributed by atoms with Gasteiger partial charge >= 0.3 is 0 Å². The SMILES string of the molecule is c1coc(-c2noc(CN3CCN(c4nccs4)CC3)n2)c1. The molecule has 1 fully saturated rings. The number of hydrogen-bond donors (Lipinski definition) is 0. The molecule has 0 aromatic carbocycles. The molecule has 22 heavy (non-hydrogen) atoms. The monoisotopic (exact) mass is 317 g/mol. The van der Waals surface area contributed by atoms with Gasteiger partial charge in [-0.05, 0) is 12.1 Å². The molecular formula is C14H15N5O2S. The van der Waals surface area contributed by atoms with Crippen molar-refractivity contribution in [3.8, 4) is 11.6 Å². The maximum absolute atomic E-state index is 5.30. The van der Waals surface area contributed by atoms with Crippen molar-refractivity contribution in [3.05, 3.63) is 35.9 Å². The summed E-state index contributed by atoms with van der Waals surface area (Å²) in [4.78, 5) is 13.4. The molecule has 7 nitrogen and oxygen atoms in total. The highest BCUT2D eigenvalue weighted by Gasteiger charge is 2.21. The molecule has 1 saturated heterocycles. The number of furan rings is 1. The molecular weight excluding hydrogens is 302 g/mol. The number of aromatic nitrogens is 3. The summed E-state index contributed by atoms with van der Waals surface area (Å²) in [7, 11) is 0. The normalized spacial score (nSPS) is 16.3. The van der Waals surface area contributed by atoms with Crippen molar-refractivity contribution in [1.82, 2.24) is 20.0 Å². The van der Waals surface area contributed by atoms with Gasteiger partial charge in [-0.1, -0.05) is 5.16 Å². The average molecular weight is 317 g/mol. The summed E-state index contributed by atoms with van der Waals surface area (Å²) >= 11 is 1.68. The third-order valence-corrected chi connectivity index (χ3v) is 4.46. The van der Waals surface area contributed by atoms with Crippen molar-refractivity contribution in [2.24, 2.45) is 0 Å². The lowest BCUT2D eigenvalue weighted by Gasteiger charge is -2.33. The van der Waals surface area contributed by atoms with E-state index in [0.717, 1.165) is 31.3 Å². The third kappa shape index (κ3) is 2.75. The van der Waals surface area contributed by atoms with Crippen LogP contribution in [0.4, 0.5) is 5.13 Å². The van der Waals surface area contributed by atoms with Crippen LogP contribution < -0.4 is 4.90 Å². The fourth-order valence-electron chi connectivity index (χ4n) is 2.49. The van der Waals surface area contributed by atoms with Gasteiger partial charge in [-0.2, -0.15) is 4.98 Å². The van der Waals surface area contributed by atoms with Gasteiger partial charge in [0.25, 0.3) is 0 Å². The van der Waals surface area contributed by atoms with Gasteiger partial charge in [-0.25, -0.2) is 4.98 Å². The van der Waals surface area contributed by atoms with Gasteiger partial charge in [0, 0.05) is 37.8 Å². The second kappa shape index (κ2) is 5.90. The van der Waals surface area contributed by atoms with E-state index in [9.17, 15) is 0 Å². The molecule has 1 aliphatic rings. The molecule has 0 bridgehead atoms. The van der Waals surface area contributed by atoms with Crippen LogP contribution in [0, 0.1) is 0 Å². The molecule has 0 atom stereocenters. The Balaban J connectivity index is 1.35. The predicted molar refractivity (Wildman–Crippen MR) is 81.6 cm³/mol. The molecule has 114 valence electrons. The minimum absolute atomic E-state index is 0.501. The zero-order chi connectivity index (χ0) is 14.8. The van der Waals surface area contributed by atoms with Crippen LogP contribution in [0.5, 0.6) is 0 Å². The van der Waals surface area contributed by atoms with Crippen molar-refractivity contribution < 1.29 is 8.94 Å². The Kier molecular flexibility index (Phi) is 3.61. The Morgan fingerprint density at radius 3 is 2.86 bits per heavy atom. The molecule has 1 aliphatic heterocycles. The lowest BCUT2D eigenvalue weighted by atomic mass is 10.3. The van der Waals surface area contributed by atoms with E-state index in [4.69, 9.17) is 8.94 Å². The Labute approximate surface area is 131 Å². The van der Waals surface area contributed by atoms with Gasteiger partial charge in [-0.3, -0.25) is 4.90 Å². The summed E-state index contributed by atoms with van der Waals surface area (Å²) in [6.45, 7) is 4.51. The molecule has 8 heteroatoms. The van der Waals surface area contributed by atoms with Crippen molar-refractivity contribution in [1.29, 1.82) is 0 Å². The summed E-state index contributed by atoms with van der Waals surface area (Å²) in [5.74, 6) is 1.75. The van der Waals surface area contributed by atoms with Crippen LogP contribution in [-0.4, -0.2) is 46.2 Å². The highest BCUT2D eigenvalue weighted by atomic mass is 32.1. The topological polar surface area (TPSA) is 71.4 Å². The lowest BCUT2D eigenvalue weighted by Crippen LogP contribution is -2.46. The summed E-state index contributed by atoms with van der Waals surface area (Å²) in [6, 6.07) is 3.63. The first-order valence-electron chi connectivity index (χ1n) is 7.12. The predicted octanol–water partition coefficient (Wildman–Crippen LogP) is 2.11. The zero-order valence-electron chi connectivity index (χ0n) is 11.9. The second-order valence-electron chi connectivity index (χ2n) is 5.07. The van der Waals surface area contributed by atoms with E-state index in [1.54, 1.807) is 17.6 Å². The Morgan fingerprint density at radius 2 is 2.14 bits per heavy atom. The molecule has 3 aromatic rings. The summed E-state index contributed by atoms with van der Waals surface area (Å²) in [5.41, 5.74) is 0. The molecule has 3 aromatic heterocycles. The Morgan fingerprint density at radius 1 is 1.23 bits per heavy atom. The number of rotatable bonds is 4. The van der Waals surface area contributed by atoms with Crippen LogP contribution in [-0.2, 0) is 6.54 Å². The van der Waals surface area contributed by atoms with E-state index in [2.05, 4.69) is 24.9 Å². The quantitative estimate of drug-likeness (QED) is 0.729. The second-order valence-corrected chi connectivity index (χ2v) is 5.94. The van der Waals surface area contributed by atoms with Crippen molar-refractivity contribution in [3.63, 3.8) is 0 Å². The summed E-state index contributed by atoms with van der Waals surface area (Å²) in [5, 5.41) is 7.06. The minimum Gasteiger partial charge on any atom is -0.461 e. The standard InChI is InChI=1S/C14H15N5O2S/c1-2-11(20-8-1)13-16-12(21-17-13)10-18-4-6-19(7-5-18)14-15-3-9-22-14/h1-3,8-9H,4-7,10H2. The van der Waals surface area contributed by atoms with Crippen LogP contribution in [0.15, 0.2) is 38.9 Å². The Bertz CT molecular complexity index is 702. The van der Waals surface area contributed by atoms with Gasteiger partial charge in [0.2, 0.25) is 11.7 Å². The van der Waals surface area contributed by atoms with Crippen LogP contribution in [0.1, 0.15) is 5.89 Å². The molecule has 0 spiro atoms. The van der Waals surface area contributed by atoms with Gasteiger partial charge in [-0.15, -0.1) is 11.3 Å². The number of hydrogen-bond acceptors (Lipinski definition) is 8. The molecule has 4 heterocycles. The maximum Gasteiger partial charge on any atom is 0.241 e. The van der Waals surface area contributed by atoms with Crippen LogP contribution >= 0.6 is 11.3 Å². The number of thiazole rings is 1. The van der Waals surface area contributed by atoms with E-state index < -0.39 is 0 Å². The fraction of sp³-hybridized carbons (Fsp3) is 0.357. The number of nitrogens with zero attached hydrogens (tertiary/aromatic N) is 5. The molecule has 0 unspecified atom stereocenters. The summed E-state index contributed by atoms with van der Waals surface area (Å²) in [6.07, 6.45) is 3.45. The maximum atomic E-state index is 5.30. The van der Waals surface area contributed by atoms with E-state index >= 15 is 0 Å². The highest BCUT2D eigenvalue weighted by Crippen LogP contribution is 2.20. The van der Waals surface area contributed by atoms with Crippen LogP contribution in [0.3, 0.4) is 0 Å². The number of anilines is 1. The average Bonchev–Trinajstić information content (AvgIpc) is 3.30. The largest absolute Gasteiger partial charge is 0.461 e. The molecule has 4 rings (SSSR count). The minimum atomic E-state index is 0.501. The van der Waals surface area contributed by atoms with Gasteiger partial charge in [0.1, 0.15) is 0 Å². The number of piperazine rings is 1. The van der Waals surface area contributed by atoms with E-state index in [-0.39, 0.29) is 0 Å². The van der Waals surface area contributed by atoms with Crippen LogP contribution in [0.2, 0.25) is 0 Å². The van der Waals surface area contributed by atoms with Gasteiger partial charge in [0.05, 0.1) is 12.8 Å². The van der Waals surface area contributed by atoms with Gasteiger partial charge < -0.3 is 13.8 Å². The third-order valence-electron chi connectivity index (χ3n) is 3.63. The van der Waals surface area contributed by atoms with E-state index in [1.165, 1.54) is 0 Å². The first kappa shape index (κ1) is 13.5. The Hall–Kier alpha value is -2.19. The van der Waals surface area contributed by atoms with Gasteiger partial charge in [0.15, 0.2) is 10.9 Å². The molecule has 0 amide bonds. The van der Waals surface area contributed by atoms with E-state index in [0.29, 0.717) is 24.0 Å². The van der Waals surface area contributed by atoms with Crippen molar-refractivity contribution >= 4 is 16.5 Å². The first-order chi connectivity index (χ1) is 10.9. The zero-order valence-corrected chi connectivity index (χ0v) is 12.7. The highest BCUT2D eigenvalue weighted by molar-refractivity contribution is 7.13. The van der Waals surface area contributed by atoms with E-state index in [1.807, 2.05) is 23.7 Å². The van der Waals surface area contributed by atoms with Crippen LogP contribution in [0.25, 0.3) is 11.6 Å². The summed E-state index contributed by atoms with van der Waals surface area (Å²) < 4.78 is 10.6. The molecule has 0 aliphatic carbocycles. The van der Waals surface area contributed by atoms with Crippen molar-refractivity contribution in [2.45, 2.75) is 6.54 Å².